The van der Waals surface area contributed by atoms with E-state index in [1.807, 2.05) is 29.4 Å². The van der Waals surface area contributed by atoms with Gasteiger partial charge < -0.3 is 4.57 Å². The fourth-order valence-electron chi connectivity index (χ4n) is 1.34. The molecule has 74 valence electrons. The lowest BCUT2D eigenvalue weighted by atomic mass is 10.3. The maximum absolute atomic E-state index is 11.2. The van der Waals surface area contributed by atoms with Gasteiger partial charge in [0.1, 0.15) is 0 Å². The third-order valence-corrected chi connectivity index (χ3v) is 2.87. The van der Waals surface area contributed by atoms with Crippen LogP contribution < -0.4 is 4.87 Å². The highest BCUT2D eigenvalue weighted by atomic mass is 32.1. The summed E-state index contributed by atoms with van der Waals surface area (Å²) in [6.07, 6.45) is 4.43. The Kier molecular flexibility index (Phi) is 2.49. The van der Waals surface area contributed by atoms with Crippen LogP contribution in [-0.2, 0) is 20.0 Å². The van der Waals surface area contributed by atoms with Crippen LogP contribution in [0, 0.1) is 0 Å². The Morgan fingerprint density at radius 3 is 3.00 bits per heavy atom. The number of rotatable bonds is 3. The van der Waals surface area contributed by atoms with E-state index >= 15 is 0 Å². The highest BCUT2D eigenvalue weighted by Gasteiger charge is 2.00. The first-order chi connectivity index (χ1) is 6.77. The lowest BCUT2D eigenvalue weighted by molar-refractivity contribution is 0.631. The fourth-order valence-corrected chi connectivity index (χ4v) is 1.95. The molecule has 0 saturated heterocycles. The molecule has 5 heteroatoms. The number of nitrogens with zero attached hydrogens (tertiary/aromatic N) is 3. The Morgan fingerprint density at radius 2 is 2.43 bits per heavy atom. The molecule has 0 aromatic carbocycles. The van der Waals surface area contributed by atoms with Gasteiger partial charge in [-0.1, -0.05) is 11.3 Å². The van der Waals surface area contributed by atoms with Crippen LogP contribution in [0.3, 0.4) is 0 Å². The average molecular weight is 209 g/mol. The normalized spacial score (nSPS) is 10.6. The lowest BCUT2D eigenvalue weighted by Crippen LogP contribution is -2.14. The molecule has 0 spiro atoms. The molecule has 2 heterocycles. The van der Waals surface area contributed by atoms with E-state index in [-0.39, 0.29) is 4.87 Å². The molecule has 0 atom stereocenters. The SMILES string of the molecule is Cn1nccc1CCn1ccsc1=O. The molecule has 0 amide bonds. The third kappa shape index (κ3) is 1.77. The van der Waals surface area contributed by atoms with E-state index in [1.54, 1.807) is 10.8 Å². The number of hydrogen-bond acceptors (Lipinski definition) is 3. The monoisotopic (exact) mass is 209 g/mol. The van der Waals surface area contributed by atoms with E-state index in [9.17, 15) is 4.79 Å². The van der Waals surface area contributed by atoms with Gasteiger partial charge in [0.05, 0.1) is 0 Å². The zero-order valence-corrected chi connectivity index (χ0v) is 8.70. The van der Waals surface area contributed by atoms with E-state index in [4.69, 9.17) is 0 Å². The molecule has 0 unspecified atom stereocenters. The van der Waals surface area contributed by atoms with Gasteiger partial charge in [0, 0.05) is 43.5 Å². The summed E-state index contributed by atoms with van der Waals surface area (Å²) in [5.41, 5.74) is 1.14. The van der Waals surface area contributed by atoms with Crippen molar-refractivity contribution in [2.24, 2.45) is 7.05 Å². The van der Waals surface area contributed by atoms with Crippen LogP contribution in [0.4, 0.5) is 0 Å². The summed E-state index contributed by atoms with van der Waals surface area (Å²) in [7, 11) is 1.91. The van der Waals surface area contributed by atoms with E-state index in [1.165, 1.54) is 11.3 Å². The van der Waals surface area contributed by atoms with Crippen LogP contribution in [0.25, 0.3) is 0 Å². The van der Waals surface area contributed by atoms with Gasteiger partial charge in [0.2, 0.25) is 0 Å². The molecule has 0 bridgehead atoms. The van der Waals surface area contributed by atoms with Crippen molar-refractivity contribution in [2.75, 3.05) is 0 Å². The van der Waals surface area contributed by atoms with Crippen molar-refractivity contribution in [1.29, 1.82) is 0 Å². The van der Waals surface area contributed by atoms with Gasteiger partial charge in [-0.2, -0.15) is 5.10 Å². The molecule has 0 radical (unpaired) electrons. The molecular formula is C9H11N3OS. The van der Waals surface area contributed by atoms with Crippen LogP contribution >= 0.6 is 11.3 Å². The highest BCUT2D eigenvalue weighted by Crippen LogP contribution is 1.99. The Balaban J connectivity index is 2.05. The maximum Gasteiger partial charge on any atom is 0.307 e. The Morgan fingerprint density at radius 1 is 1.57 bits per heavy atom. The summed E-state index contributed by atoms with van der Waals surface area (Å²) in [6, 6.07) is 1.97. The summed E-state index contributed by atoms with van der Waals surface area (Å²) in [5, 5.41) is 5.88. The van der Waals surface area contributed by atoms with Gasteiger partial charge in [-0.3, -0.25) is 9.48 Å². The first-order valence-electron chi connectivity index (χ1n) is 4.38. The summed E-state index contributed by atoms with van der Waals surface area (Å²) in [6.45, 7) is 0.724. The van der Waals surface area contributed by atoms with Crippen molar-refractivity contribution < 1.29 is 0 Å². The van der Waals surface area contributed by atoms with Gasteiger partial charge in [0.25, 0.3) is 0 Å². The number of aromatic nitrogens is 3. The van der Waals surface area contributed by atoms with Crippen molar-refractivity contribution in [3.05, 3.63) is 39.2 Å². The predicted octanol–water partition coefficient (Wildman–Crippen LogP) is 0.886. The molecule has 14 heavy (non-hydrogen) atoms. The standard InChI is InChI=1S/C9H11N3OS/c1-11-8(2-4-10-11)3-5-12-6-7-14-9(12)13/h2,4,6-7H,3,5H2,1H3. The van der Waals surface area contributed by atoms with Crippen LogP contribution in [0.5, 0.6) is 0 Å². The molecule has 0 N–H and O–H groups in total. The third-order valence-electron chi connectivity index (χ3n) is 2.18. The molecule has 0 fully saturated rings. The van der Waals surface area contributed by atoms with Crippen LogP contribution in [0.15, 0.2) is 28.6 Å². The first kappa shape index (κ1) is 9.21. The van der Waals surface area contributed by atoms with Crippen LogP contribution in [-0.4, -0.2) is 14.3 Å². The molecule has 4 nitrogen and oxygen atoms in total. The largest absolute Gasteiger partial charge is 0.307 e. The Bertz CT molecular complexity index is 468. The minimum atomic E-state index is 0.104. The second-order valence-corrected chi connectivity index (χ2v) is 3.92. The average Bonchev–Trinajstić information content (AvgIpc) is 2.72. The van der Waals surface area contributed by atoms with Gasteiger partial charge >= 0.3 is 4.87 Å². The van der Waals surface area contributed by atoms with Gasteiger partial charge in [-0.05, 0) is 6.07 Å². The topological polar surface area (TPSA) is 39.8 Å². The lowest BCUT2D eigenvalue weighted by Gasteiger charge is -2.01. The number of aryl methyl sites for hydroxylation is 3. The van der Waals surface area contributed by atoms with Crippen molar-refractivity contribution in [1.82, 2.24) is 14.3 Å². The minimum absolute atomic E-state index is 0.104. The predicted molar refractivity (Wildman–Crippen MR) is 55.5 cm³/mol. The van der Waals surface area contributed by atoms with Crippen molar-refractivity contribution in [3.8, 4) is 0 Å². The second-order valence-electron chi connectivity index (χ2n) is 3.06. The van der Waals surface area contributed by atoms with E-state index in [0.29, 0.717) is 0 Å². The molecule has 2 aromatic heterocycles. The van der Waals surface area contributed by atoms with E-state index in [0.717, 1.165) is 18.7 Å². The minimum Gasteiger partial charge on any atom is -0.306 e. The molecule has 0 aliphatic rings. The van der Waals surface area contributed by atoms with Gasteiger partial charge in [-0.15, -0.1) is 0 Å². The molecular weight excluding hydrogens is 198 g/mol. The zero-order chi connectivity index (χ0) is 9.97. The number of hydrogen-bond donors (Lipinski definition) is 0. The van der Waals surface area contributed by atoms with E-state index in [2.05, 4.69) is 5.10 Å². The summed E-state index contributed by atoms with van der Waals surface area (Å²) >= 11 is 1.23. The molecule has 2 rings (SSSR count). The van der Waals surface area contributed by atoms with Crippen molar-refractivity contribution in [3.63, 3.8) is 0 Å². The molecule has 2 aromatic rings. The Hall–Kier alpha value is -1.36. The Labute approximate surface area is 85.4 Å². The van der Waals surface area contributed by atoms with Crippen molar-refractivity contribution in [2.45, 2.75) is 13.0 Å². The summed E-state index contributed by atoms with van der Waals surface area (Å²) in [5.74, 6) is 0. The van der Waals surface area contributed by atoms with Gasteiger partial charge in [-0.25, -0.2) is 0 Å². The van der Waals surface area contributed by atoms with Gasteiger partial charge in [0.15, 0.2) is 0 Å². The van der Waals surface area contributed by atoms with Crippen molar-refractivity contribution >= 4 is 11.3 Å². The molecule has 0 saturated carbocycles. The second kappa shape index (κ2) is 3.79. The smallest absolute Gasteiger partial charge is 0.306 e. The fraction of sp³-hybridized carbons (Fsp3) is 0.333. The first-order valence-corrected chi connectivity index (χ1v) is 5.26. The zero-order valence-electron chi connectivity index (χ0n) is 7.88. The molecule has 0 aliphatic carbocycles. The maximum atomic E-state index is 11.2. The van der Waals surface area contributed by atoms with E-state index < -0.39 is 0 Å². The summed E-state index contributed by atoms with van der Waals surface area (Å²) < 4.78 is 3.55. The molecule has 0 aliphatic heterocycles. The van der Waals surface area contributed by atoms with Crippen LogP contribution in [0.1, 0.15) is 5.69 Å². The quantitative estimate of drug-likeness (QED) is 0.753. The highest BCUT2D eigenvalue weighted by molar-refractivity contribution is 7.07. The van der Waals surface area contributed by atoms with Crippen LogP contribution in [0.2, 0.25) is 0 Å². The summed E-state index contributed by atoms with van der Waals surface area (Å²) in [4.78, 5) is 11.3. The number of thiazole rings is 1.